The number of sulfone groups is 1. The van der Waals surface area contributed by atoms with Crippen molar-refractivity contribution in [3.63, 3.8) is 0 Å². The molecule has 2 aliphatic rings. The van der Waals surface area contributed by atoms with E-state index >= 15 is 0 Å². The summed E-state index contributed by atoms with van der Waals surface area (Å²) in [7, 11) is -5.71. The van der Waals surface area contributed by atoms with Crippen molar-refractivity contribution < 1.29 is 27.3 Å². The maximum atomic E-state index is 12.9. The van der Waals surface area contributed by atoms with Crippen LogP contribution in [0.1, 0.15) is 19.5 Å². The number of pyridine rings is 1. The SMILES string of the molecule is CS(=O)/C(=C1\C(=O)N2[C@@H](C(=O)O)C(C)(C)S(=O)(=O)[C@H]12)c1ccccn1. The molecule has 3 rings (SSSR count). The largest absolute Gasteiger partial charge is 0.480 e. The summed E-state index contributed by atoms with van der Waals surface area (Å²) in [6.45, 7) is 2.57. The van der Waals surface area contributed by atoms with E-state index in [1.165, 1.54) is 32.4 Å². The van der Waals surface area contributed by atoms with E-state index in [2.05, 4.69) is 4.98 Å². The summed E-state index contributed by atoms with van der Waals surface area (Å²) in [5, 5.41) is 8.01. The van der Waals surface area contributed by atoms with Gasteiger partial charge in [-0.1, -0.05) is 6.07 Å². The number of aromatic nitrogens is 1. The van der Waals surface area contributed by atoms with Gasteiger partial charge in [0.25, 0.3) is 5.91 Å². The van der Waals surface area contributed by atoms with Crippen LogP contribution in [-0.2, 0) is 30.2 Å². The molecule has 2 saturated heterocycles. The van der Waals surface area contributed by atoms with Crippen molar-refractivity contribution in [3.05, 3.63) is 35.7 Å². The van der Waals surface area contributed by atoms with E-state index in [-0.39, 0.29) is 16.2 Å². The van der Waals surface area contributed by atoms with Gasteiger partial charge in [-0.05, 0) is 26.0 Å². The van der Waals surface area contributed by atoms with Gasteiger partial charge < -0.3 is 10.0 Å². The third-order valence-corrected chi connectivity index (χ3v) is 8.34. The molecule has 0 aromatic carbocycles. The Labute approximate surface area is 146 Å². The molecule has 8 nitrogen and oxygen atoms in total. The van der Waals surface area contributed by atoms with E-state index < -0.39 is 48.7 Å². The summed E-state index contributed by atoms with van der Waals surface area (Å²) >= 11 is 0. The van der Waals surface area contributed by atoms with Gasteiger partial charge in [-0.2, -0.15) is 0 Å². The van der Waals surface area contributed by atoms with Crippen molar-refractivity contribution >= 4 is 37.4 Å². The van der Waals surface area contributed by atoms with Gasteiger partial charge in [0.05, 0.1) is 27.0 Å². The lowest BCUT2D eigenvalue weighted by atomic mass is 9.95. The number of carbonyl (C=O) groups is 2. The highest BCUT2D eigenvalue weighted by molar-refractivity contribution is 7.95. The van der Waals surface area contributed by atoms with Gasteiger partial charge in [-0.25, -0.2) is 13.2 Å². The van der Waals surface area contributed by atoms with Crippen LogP contribution in [0.25, 0.3) is 4.91 Å². The van der Waals surface area contributed by atoms with E-state index in [0.717, 1.165) is 4.90 Å². The molecule has 0 spiro atoms. The molecular weight excluding hydrogens is 368 g/mol. The Kier molecular flexibility index (Phi) is 3.88. The second-order valence-corrected chi connectivity index (χ2v) is 10.3. The number of carbonyl (C=O) groups excluding carboxylic acids is 1. The van der Waals surface area contributed by atoms with Gasteiger partial charge in [-0.3, -0.25) is 14.0 Å². The van der Waals surface area contributed by atoms with Gasteiger partial charge in [0.15, 0.2) is 21.3 Å². The van der Waals surface area contributed by atoms with Crippen LogP contribution in [0.3, 0.4) is 0 Å². The zero-order valence-corrected chi connectivity index (χ0v) is 15.3. The highest BCUT2D eigenvalue weighted by atomic mass is 32.2. The van der Waals surface area contributed by atoms with E-state index in [4.69, 9.17) is 0 Å². The molecule has 10 heteroatoms. The molecule has 2 aliphatic heterocycles. The van der Waals surface area contributed by atoms with Gasteiger partial charge >= 0.3 is 5.97 Å². The predicted octanol–water partition coefficient (Wildman–Crippen LogP) is -0.000300. The summed E-state index contributed by atoms with van der Waals surface area (Å²) in [4.78, 5) is 29.1. The first kappa shape index (κ1) is 17.7. The minimum atomic E-state index is -4.02. The Morgan fingerprint density at radius 3 is 2.48 bits per heavy atom. The van der Waals surface area contributed by atoms with E-state index in [1.807, 2.05) is 0 Å². The molecule has 25 heavy (non-hydrogen) atoms. The zero-order valence-electron chi connectivity index (χ0n) is 13.7. The zero-order chi connectivity index (χ0) is 18.7. The van der Waals surface area contributed by atoms with Crippen molar-refractivity contribution in [3.8, 4) is 0 Å². The summed E-state index contributed by atoms with van der Waals surface area (Å²) in [5.41, 5.74) is 0.0782. The monoisotopic (exact) mass is 384 g/mol. The van der Waals surface area contributed by atoms with Crippen LogP contribution in [0.5, 0.6) is 0 Å². The molecular formula is C15H16N2O6S2. The van der Waals surface area contributed by atoms with Crippen molar-refractivity contribution in [1.82, 2.24) is 9.88 Å². The minimum Gasteiger partial charge on any atom is -0.480 e. The number of nitrogens with zero attached hydrogens (tertiary/aromatic N) is 2. The molecule has 0 saturated carbocycles. The molecule has 3 atom stereocenters. The molecule has 134 valence electrons. The molecule has 2 fully saturated rings. The number of hydrogen-bond donors (Lipinski definition) is 1. The van der Waals surface area contributed by atoms with Crippen LogP contribution in [0.2, 0.25) is 0 Å². The highest BCUT2D eigenvalue weighted by Gasteiger charge is 2.71. The third-order valence-electron chi connectivity index (χ3n) is 4.59. The molecule has 0 aliphatic carbocycles. The maximum Gasteiger partial charge on any atom is 0.328 e. The lowest BCUT2D eigenvalue weighted by Gasteiger charge is -2.38. The number of amides is 1. The number of carboxylic acids is 1. The average Bonchev–Trinajstić information content (AvgIpc) is 2.66. The van der Waals surface area contributed by atoms with Crippen LogP contribution < -0.4 is 0 Å². The van der Waals surface area contributed by atoms with Crippen molar-refractivity contribution in [2.75, 3.05) is 6.26 Å². The maximum absolute atomic E-state index is 12.9. The van der Waals surface area contributed by atoms with Gasteiger partial charge in [0, 0.05) is 12.5 Å². The quantitative estimate of drug-likeness (QED) is 0.575. The fraction of sp³-hybridized carbons (Fsp3) is 0.400. The molecule has 1 aromatic heterocycles. The lowest BCUT2D eigenvalue weighted by Crippen LogP contribution is -2.59. The van der Waals surface area contributed by atoms with Crippen LogP contribution in [0.15, 0.2) is 30.0 Å². The number of fused-ring (bicyclic) bond motifs is 1. The van der Waals surface area contributed by atoms with Crippen molar-refractivity contribution in [1.29, 1.82) is 0 Å². The number of hydrogen-bond acceptors (Lipinski definition) is 6. The number of rotatable bonds is 3. The molecule has 1 N–H and O–H groups in total. The minimum absolute atomic E-state index is 0.0252. The summed E-state index contributed by atoms with van der Waals surface area (Å²) in [6, 6.07) is 3.30. The Balaban J connectivity index is 2.27. The molecule has 0 bridgehead atoms. The molecule has 0 radical (unpaired) electrons. The van der Waals surface area contributed by atoms with E-state index in [1.54, 1.807) is 12.1 Å². The first-order valence-corrected chi connectivity index (χ1v) is 10.4. The number of β-lactam (4-membered cyclic amide) rings is 1. The standard InChI is InChI=1S/C15H16N2O6S2/c1-15(2)11(14(19)20)17-12(18)9(13(17)25(15,22)23)10(24(3)21)8-6-4-5-7-16-8/h4-7,11,13H,1-3H3,(H,19,20)/b10-9+/t11-,13+,24?/m0/s1. The predicted molar refractivity (Wildman–Crippen MR) is 90.3 cm³/mol. The van der Waals surface area contributed by atoms with Gasteiger partial charge in [0.2, 0.25) is 0 Å². The smallest absolute Gasteiger partial charge is 0.328 e. The van der Waals surface area contributed by atoms with Crippen molar-refractivity contribution in [2.45, 2.75) is 30.0 Å². The Morgan fingerprint density at radius 1 is 1.36 bits per heavy atom. The Morgan fingerprint density at radius 2 is 2.00 bits per heavy atom. The molecule has 1 amide bonds. The summed E-state index contributed by atoms with van der Waals surface area (Å²) in [6.07, 6.45) is 2.77. The first-order valence-electron chi connectivity index (χ1n) is 7.31. The molecule has 1 unspecified atom stereocenters. The second-order valence-electron chi connectivity index (χ2n) is 6.37. The normalized spacial score (nSPS) is 29.6. The molecule has 3 heterocycles. The van der Waals surface area contributed by atoms with E-state index in [9.17, 15) is 27.3 Å². The first-order chi connectivity index (χ1) is 11.5. The van der Waals surface area contributed by atoms with Crippen LogP contribution >= 0.6 is 0 Å². The Hall–Kier alpha value is -2.07. The van der Waals surface area contributed by atoms with E-state index in [0.29, 0.717) is 0 Å². The number of aliphatic carboxylic acids is 1. The highest BCUT2D eigenvalue weighted by Crippen LogP contribution is 2.50. The van der Waals surface area contributed by atoms with Crippen molar-refractivity contribution in [2.24, 2.45) is 0 Å². The Bertz CT molecular complexity index is 936. The van der Waals surface area contributed by atoms with Crippen LogP contribution in [-0.4, -0.2) is 61.9 Å². The fourth-order valence-corrected chi connectivity index (χ4v) is 6.47. The number of carboxylic acid groups (broad SMARTS) is 1. The lowest BCUT2D eigenvalue weighted by molar-refractivity contribution is -0.152. The fourth-order valence-electron chi connectivity index (χ4n) is 3.32. The van der Waals surface area contributed by atoms with Gasteiger partial charge in [0.1, 0.15) is 4.75 Å². The second kappa shape index (κ2) is 5.46. The van der Waals surface area contributed by atoms with Crippen LogP contribution in [0, 0.1) is 0 Å². The summed E-state index contributed by atoms with van der Waals surface area (Å²) in [5.74, 6) is -2.12. The molecule has 1 aromatic rings. The van der Waals surface area contributed by atoms with Crippen LogP contribution in [0.4, 0.5) is 0 Å². The third kappa shape index (κ3) is 2.20. The van der Waals surface area contributed by atoms with Gasteiger partial charge in [-0.15, -0.1) is 0 Å². The average molecular weight is 384 g/mol. The topological polar surface area (TPSA) is 122 Å². The summed E-state index contributed by atoms with van der Waals surface area (Å²) < 4.78 is 36.4.